The summed E-state index contributed by atoms with van der Waals surface area (Å²) in [5.74, 6) is 0.600. The molecule has 1 aromatic heterocycles. The first-order chi connectivity index (χ1) is 13.1. The molecule has 0 unspecified atom stereocenters. The molecule has 2 N–H and O–H groups in total. The Hall–Kier alpha value is -2.82. The third-order valence-electron chi connectivity index (χ3n) is 4.76. The number of nitrogens with zero attached hydrogens (tertiary/aromatic N) is 3. The van der Waals surface area contributed by atoms with E-state index in [1.165, 1.54) is 16.8 Å². The van der Waals surface area contributed by atoms with Crippen LogP contribution in [0.3, 0.4) is 0 Å². The molecule has 27 heavy (non-hydrogen) atoms. The summed E-state index contributed by atoms with van der Waals surface area (Å²) in [6, 6.07) is 10.8. The van der Waals surface area contributed by atoms with Gasteiger partial charge in [-0.2, -0.15) is 0 Å². The smallest absolute Gasteiger partial charge is 0.242 e. The van der Waals surface area contributed by atoms with Crippen LogP contribution in [0.15, 0.2) is 47.7 Å². The van der Waals surface area contributed by atoms with Gasteiger partial charge in [-0.1, -0.05) is 18.2 Å². The fraction of sp³-hybridized carbons (Fsp3) is 0.364. The molecular weight excluding hydrogens is 334 g/mol. The average molecular weight is 364 g/mol. The van der Waals surface area contributed by atoms with Crippen LogP contribution >= 0.6 is 0 Å². The molecule has 0 aliphatic heterocycles. The van der Waals surface area contributed by atoms with Crippen LogP contribution in [0.25, 0.3) is 6.08 Å². The number of anilines is 2. The monoisotopic (exact) mass is 363 g/mol. The lowest BCUT2D eigenvalue weighted by molar-refractivity contribution is 0.866. The first-order valence-corrected chi connectivity index (χ1v) is 9.69. The van der Waals surface area contributed by atoms with Crippen molar-refractivity contribution in [3.8, 4) is 0 Å². The lowest BCUT2D eigenvalue weighted by atomic mass is 10.1. The molecule has 5 heteroatoms. The molecule has 1 aromatic carbocycles. The van der Waals surface area contributed by atoms with Crippen molar-refractivity contribution in [3.05, 3.63) is 64.6 Å². The molecule has 0 amide bonds. The molecule has 0 saturated heterocycles. The van der Waals surface area contributed by atoms with Gasteiger partial charge in [-0.05, 0) is 75.9 Å². The van der Waals surface area contributed by atoms with E-state index in [-0.39, 0.29) is 0 Å². The Kier molecular flexibility index (Phi) is 6.12. The number of nitrogens with one attached hydrogen (secondary N) is 2. The molecule has 1 heterocycles. The molecule has 0 fully saturated rings. The van der Waals surface area contributed by atoms with Gasteiger partial charge in [0.25, 0.3) is 0 Å². The molecule has 142 valence electrons. The number of aryl methyl sites for hydroxylation is 2. The van der Waals surface area contributed by atoms with Gasteiger partial charge in [0, 0.05) is 30.2 Å². The van der Waals surface area contributed by atoms with Gasteiger partial charge in [0.05, 0.1) is 5.70 Å². The summed E-state index contributed by atoms with van der Waals surface area (Å²) < 4.78 is 0. The van der Waals surface area contributed by atoms with Gasteiger partial charge in [0.15, 0.2) is 0 Å². The van der Waals surface area contributed by atoms with Crippen molar-refractivity contribution in [2.24, 2.45) is 0 Å². The highest BCUT2D eigenvalue weighted by molar-refractivity contribution is 5.62. The Labute approximate surface area is 162 Å². The molecule has 0 atom stereocenters. The van der Waals surface area contributed by atoms with E-state index >= 15 is 0 Å². The van der Waals surface area contributed by atoms with Crippen LogP contribution in [0.2, 0.25) is 0 Å². The van der Waals surface area contributed by atoms with E-state index in [0.717, 1.165) is 43.0 Å². The van der Waals surface area contributed by atoms with Crippen molar-refractivity contribution in [2.45, 2.75) is 40.5 Å². The van der Waals surface area contributed by atoms with Gasteiger partial charge in [0.1, 0.15) is 0 Å². The maximum Gasteiger partial charge on any atom is 0.242 e. The first kappa shape index (κ1) is 19.0. The molecule has 2 aromatic rings. The fourth-order valence-electron chi connectivity index (χ4n) is 3.40. The fourth-order valence-corrected chi connectivity index (χ4v) is 3.40. The molecule has 5 nitrogen and oxygen atoms in total. The van der Waals surface area contributed by atoms with Crippen LogP contribution in [0.5, 0.6) is 0 Å². The van der Waals surface area contributed by atoms with Crippen molar-refractivity contribution in [2.75, 3.05) is 23.4 Å². The molecule has 1 aliphatic rings. The lowest BCUT2D eigenvalue weighted by Gasteiger charge is -2.21. The van der Waals surface area contributed by atoms with Gasteiger partial charge in [-0.3, -0.25) is 10.9 Å². The normalized spacial score (nSPS) is 15.0. The third-order valence-corrected chi connectivity index (χ3v) is 4.76. The number of allylic oxidation sites excluding steroid dienone is 2. The first-order valence-electron chi connectivity index (χ1n) is 9.69. The zero-order valence-corrected chi connectivity index (χ0v) is 16.7. The van der Waals surface area contributed by atoms with E-state index in [4.69, 9.17) is 0 Å². The summed E-state index contributed by atoms with van der Waals surface area (Å²) in [6.07, 6.45) is 6.55. The summed E-state index contributed by atoms with van der Waals surface area (Å²) in [6.45, 7) is 10.4. The quantitative estimate of drug-likeness (QED) is 0.703. The van der Waals surface area contributed by atoms with E-state index in [0.29, 0.717) is 5.95 Å². The zero-order valence-electron chi connectivity index (χ0n) is 16.7. The second kappa shape index (κ2) is 8.71. The summed E-state index contributed by atoms with van der Waals surface area (Å²) in [5.41, 5.74) is 13.2. The molecule has 0 radical (unpaired) electrons. The van der Waals surface area contributed by atoms with Crippen LogP contribution < -0.4 is 15.8 Å². The Balaban J connectivity index is 1.68. The highest BCUT2D eigenvalue weighted by atomic mass is 15.4. The van der Waals surface area contributed by atoms with Gasteiger partial charge in [-0.15, -0.1) is 0 Å². The van der Waals surface area contributed by atoms with Crippen LogP contribution in [0.1, 0.15) is 43.6 Å². The summed E-state index contributed by atoms with van der Waals surface area (Å²) in [5, 5.41) is 0. The predicted octanol–water partition coefficient (Wildman–Crippen LogP) is 4.62. The van der Waals surface area contributed by atoms with Crippen LogP contribution in [-0.4, -0.2) is 23.1 Å². The van der Waals surface area contributed by atoms with E-state index in [2.05, 4.69) is 76.0 Å². The van der Waals surface area contributed by atoms with Gasteiger partial charge in [0.2, 0.25) is 5.95 Å². The summed E-state index contributed by atoms with van der Waals surface area (Å²) >= 11 is 0. The van der Waals surface area contributed by atoms with E-state index in [1.54, 1.807) is 0 Å². The van der Waals surface area contributed by atoms with Gasteiger partial charge in [-0.25, -0.2) is 9.97 Å². The van der Waals surface area contributed by atoms with Crippen molar-refractivity contribution in [1.29, 1.82) is 0 Å². The van der Waals surface area contributed by atoms with Crippen LogP contribution in [0, 0.1) is 13.8 Å². The predicted molar refractivity (Wildman–Crippen MR) is 114 cm³/mol. The molecule has 0 spiro atoms. The summed E-state index contributed by atoms with van der Waals surface area (Å²) in [4.78, 5) is 11.2. The molecule has 0 bridgehead atoms. The number of hydrazine groups is 1. The molecule has 3 rings (SSSR count). The molecular formula is C22H29N5. The molecule has 1 aliphatic carbocycles. The van der Waals surface area contributed by atoms with Gasteiger partial charge < -0.3 is 4.90 Å². The third kappa shape index (κ3) is 4.88. The van der Waals surface area contributed by atoms with Crippen molar-refractivity contribution >= 4 is 17.7 Å². The Bertz CT molecular complexity index is 812. The van der Waals surface area contributed by atoms with E-state index in [1.807, 2.05) is 19.9 Å². The maximum atomic E-state index is 4.41. The van der Waals surface area contributed by atoms with E-state index < -0.39 is 0 Å². The average Bonchev–Trinajstić information content (AvgIpc) is 3.08. The highest BCUT2D eigenvalue weighted by Crippen LogP contribution is 2.26. The van der Waals surface area contributed by atoms with Crippen LogP contribution in [-0.2, 0) is 0 Å². The number of aromatic nitrogens is 2. The summed E-state index contributed by atoms with van der Waals surface area (Å²) in [7, 11) is 0. The minimum Gasteiger partial charge on any atom is -0.372 e. The lowest BCUT2D eigenvalue weighted by Crippen LogP contribution is -2.22. The zero-order chi connectivity index (χ0) is 19.2. The topological polar surface area (TPSA) is 53.1 Å². The minimum absolute atomic E-state index is 0.600. The van der Waals surface area contributed by atoms with E-state index in [9.17, 15) is 0 Å². The number of hydrogen-bond acceptors (Lipinski definition) is 5. The van der Waals surface area contributed by atoms with Crippen molar-refractivity contribution < 1.29 is 0 Å². The maximum absolute atomic E-state index is 4.41. The largest absolute Gasteiger partial charge is 0.372 e. The number of benzene rings is 1. The Morgan fingerprint density at radius 3 is 2.30 bits per heavy atom. The molecule has 0 saturated carbocycles. The van der Waals surface area contributed by atoms with Crippen molar-refractivity contribution in [3.63, 3.8) is 0 Å². The van der Waals surface area contributed by atoms with Crippen molar-refractivity contribution in [1.82, 2.24) is 15.4 Å². The highest BCUT2D eigenvalue weighted by Gasteiger charge is 2.12. The number of rotatable bonds is 7. The van der Waals surface area contributed by atoms with Gasteiger partial charge >= 0.3 is 0 Å². The Morgan fingerprint density at radius 1 is 1.00 bits per heavy atom. The SMILES string of the molecule is CCN(CC)c1ccc(/C=C2\CCC=C2NNc2nc(C)cc(C)n2)cc1. The minimum atomic E-state index is 0.600. The Morgan fingerprint density at radius 2 is 1.67 bits per heavy atom. The second-order valence-corrected chi connectivity index (χ2v) is 6.81. The number of hydrogen-bond donors (Lipinski definition) is 2. The standard InChI is InChI=1S/C22H29N5/c1-5-27(6-2)20-12-10-18(11-13-20)15-19-8-7-9-21(19)25-26-22-23-16(3)14-17(4)24-22/h9-15,25H,5-8H2,1-4H3,(H,23,24,26)/b19-15+. The van der Waals surface area contributed by atoms with Crippen LogP contribution in [0.4, 0.5) is 11.6 Å². The second-order valence-electron chi connectivity index (χ2n) is 6.81.